The minimum absolute atomic E-state index is 0.0788. The Morgan fingerprint density at radius 3 is 2.20 bits per heavy atom. The first-order valence-corrected chi connectivity index (χ1v) is 11.1. The van der Waals surface area contributed by atoms with Gasteiger partial charge in [-0.3, -0.25) is 0 Å². The average Bonchev–Trinajstić information content (AvgIpc) is 3.00. The fourth-order valence-corrected chi connectivity index (χ4v) is 4.09. The van der Waals surface area contributed by atoms with Gasteiger partial charge in [-0.05, 0) is 68.5 Å². The van der Waals surface area contributed by atoms with Crippen molar-refractivity contribution >= 4 is 11.7 Å². The second kappa shape index (κ2) is 10.3. The summed E-state index contributed by atoms with van der Waals surface area (Å²) in [6.07, 6.45) is 1.18. The molecule has 35 heavy (non-hydrogen) atoms. The van der Waals surface area contributed by atoms with Crippen LogP contribution in [-0.4, -0.2) is 56.4 Å². The highest BCUT2D eigenvalue weighted by molar-refractivity contribution is 5.86. The van der Waals surface area contributed by atoms with E-state index in [0.717, 1.165) is 5.56 Å². The van der Waals surface area contributed by atoms with E-state index < -0.39 is 17.7 Å². The second-order valence-corrected chi connectivity index (χ2v) is 9.04. The number of hydrogen-bond donors (Lipinski definition) is 1. The molecule has 8 nitrogen and oxygen atoms in total. The van der Waals surface area contributed by atoms with Crippen LogP contribution in [0.5, 0.6) is 28.7 Å². The SMILES string of the molecule is COc1ccc(C2=CC(N(F)C(=O)OC(C)(C)C)CCc3c2cc(OC)c(OC)c3OC)cc1O. The number of phenols is 1. The van der Waals surface area contributed by atoms with Gasteiger partial charge < -0.3 is 28.8 Å². The lowest BCUT2D eigenvalue weighted by Crippen LogP contribution is -2.37. The fraction of sp³-hybridized carbons (Fsp3) is 0.423. The van der Waals surface area contributed by atoms with E-state index in [2.05, 4.69) is 0 Å². The Balaban J connectivity index is 2.22. The van der Waals surface area contributed by atoms with E-state index in [0.29, 0.717) is 46.1 Å². The number of aromatic hydroxyl groups is 1. The zero-order chi connectivity index (χ0) is 25.9. The predicted molar refractivity (Wildman–Crippen MR) is 129 cm³/mol. The van der Waals surface area contributed by atoms with Crippen molar-refractivity contribution in [3.8, 4) is 28.7 Å². The molecule has 0 spiro atoms. The zero-order valence-electron chi connectivity index (χ0n) is 21.1. The minimum Gasteiger partial charge on any atom is -0.504 e. The molecule has 9 heteroatoms. The Kier molecular flexibility index (Phi) is 7.67. The summed E-state index contributed by atoms with van der Waals surface area (Å²) in [5.41, 5.74) is 1.76. The molecule has 0 fully saturated rings. The summed E-state index contributed by atoms with van der Waals surface area (Å²) in [6.45, 7) is 5.02. The molecule has 2 aromatic carbocycles. The standard InChI is InChI=1S/C26H32FNO7/c1-26(2,3)35-25(30)28(27)16-9-10-17-19(14-22(32-5)24(34-7)23(17)33-6)18(13-16)15-8-11-21(31-4)20(29)12-15/h8,11-14,16,29H,9-10H2,1-7H3. The van der Waals surface area contributed by atoms with Gasteiger partial charge in [0.15, 0.2) is 23.0 Å². The van der Waals surface area contributed by atoms with Crippen LogP contribution >= 0.6 is 0 Å². The number of methoxy groups -OCH3 is 4. The molecule has 0 heterocycles. The predicted octanol–water partition coefficient (Wildman–Crippen LogP) is 5.29. The van der Waals surface area contributed by atoms with Crippen molar-refractivity contribution in [1.82, 2.24) is 5.12 Å². The van der Waals surface area contributed by atoms with Gasteiger partial charge in [-0.15, -0.1) is 5.12 Å². The van der Waals surface area contributed by atoms with Crippen molar-refractivity contribution in [2.75, 3.05) is 28.4 Å². The molecule has 0 saturated heterocycles. The van der Waals surface area contributed by atoms with Gasteiger partial charge in [-0.2, -0.15) is 0 Å². The van der Waals surface area contributed by atoms with Crippen molar-refractivity contribution in [2.45, 2.75) is 45.3 Å². The first kappa shape index (κ1) is 26.0. The van der Waals surface area contributed by atoms with Crippen LogP contribution in [0.4, 0.5) is 9.28 Å². The Bertz CT molecular complexity index is 1120. The highest BCUT2D eigenvalue weighted by Gasteiger charge is 2.33. The van der Waals surface area contributed by atoms with Gasteiger partial charge in [-0.1, -0.05) is 16.6 Å². The van der Waals surface area contributed by atoms with E-state index >= 15 is 4.48 Å². The largest absolute Gasteiger partial charge is 0.504 e. The molecule has 0 bridgehead atoms. The summed E-state index contributed by atoms with van der Waals surface area (Å²) in [6, 6.07) is 5.72. The molecule has 1 N–H and O–H groups in total. The number of carbonyl (C=O) groups is 1. The Labute approximate surface area is 204 Å². The fourth-order valence-electron chi connectivity index (χ4n) is 4.09. The van der Waals surface area contributed by atoms with Gasteiger partial charge in [0.2, 0.25) is 5.75 Å². The summed E-state index contributed by atoms with van der Waals surface area (Å²) >= 11 is 0. The van der Waals surface area contributed by atoms with Gasteiger partial charge in [-0.25, -0.2) is 4.79 Å². The number of halogens is 1. The van der Waals surface area contributed by atoms with Crippen molar-refractivity contribution in [1.29, 1.82) is 0 Å². The van der Waals surface area contributed by atoms with Crippen LogP contribution in [0.25, 0.3) is 5.57 Å². The molecule has 1 unspecified atom stereocenters. The number of hydrogen-bond acceptors (Lipinski definition) is 7. The molecule has 1 aliphatic rings. The van der Waals surface area contributed by atoms with Crippen LogP contribution in [0.1, 0.15) is 43.9 Å². The number of ether oxygens (including phenoxy) is 5. The van der Waals surface area contributed by atoms with E-state index in [4.69, 9.17) is 23.7 Å². The smallest absolute Gasteiger partial charge is 0.439 e. The summed E-state index contributed by atoms with van der Waals surface area (Å²) in [5, 5.41) is 10.5. The summed E-state index contributed by atoms with van der Waals surface area (Å²) in [7, 11) is 5.99. The van der Waals surface area contributed by atoms with Gasteiger partial charge in [0.25, 0.3) is 0 Å². The molecule has 1 atom stereocenters. The van der Waals surface area contributed by atoms with Crippen LogP contribution in [-0.2, 0) is 11.2 Å². The molecular weight excluding hydrogens is 457 g/mol. The lowest BCUT2D eigenvalue weighted by Gasteiger charge is -2.25. The van der Waals surface area contributed by atoms with Crippen molar-refractivity contribution in [3.05, 3.63) is 47.0 Å². The molecule has 0 aliphatic heterocycles. The molecule has 1 amide bonds. The van der Waals surface area contributed by atoms with Crippen molar-refractivity contribution in [3.63, 3.8) is 0 Å². The quantitative estimate of drug-likeness (QED) is 0.552. The van der Waals surface area contributed by atoms with Crippen LogP contribution in [0, 0.1) is 0 Å². The summed E-state index contributed by atoms with van der Waals surface area (Å²) < 4.78 is 42.5. The molecule has 2 aromatic rings. The third-order valence-corrected chi connectivity index (χ3v) is 5.62. The van der Waals surface area contributed by atoms with Crippen molar-refractivity contribution in [2.24, 2.45) is 0 Å². The first-order chi connectivity index (χ1) is 16.5. The lowest BCUT2D eigenvalue weighted by atomic mass is 9.92. The van der Waals surface area contributed by atoms with Gasteiger partial charge >= 0.3 is 6.09 Å². The third kappa shape index (κ3) is 5.39. The van der Waals surface area contributed by atoms with Crippen LogP contribution in [0.3, 0.4) is 0 Å². The number of nitrogens with zero attached hydrogens (tertiary/aromatic N) is 1. The Hall–Kier alpha value is -3.62. The van der Waals surface area contributed by atoms with Crippen LogP contribution in [0.2, 0.25) is 0 Å². The molecule has 0 radical (unpaired) electrons. The maximum Gasteiger partial charge on any atom is 0.439 e. The number of amides is 1. The molecule has 3 rings (SSSR count). The minimum atomic E-state index is -1.08. The van der Waals surface area contributed by atoms with Gasteiger partial charge in [0, 0.05) is 5.56 Å². The van der Waals surface area contributed by atoms with E-state index in [1.54, 1.807) is 45.0 Å². The van der Waals surface area contributed by atoms with Gasteiger partial charge in [0.05, 0.1) is 34.5 Å². The number of phenolic OH excluding ortho intramolecular Hbond substituents is 1. The molecular formula is C26H32FNO7. The van der Waals surface area contributed by atoms with Gasteiger partial charge in [0.1, 0.15) is 5.60 Å². The number of rotatable bonds is 6. The van der Waals surface area contributed by atoms with Crippen molar-refractivity contribution < 1.29 is 38.1 Å². The average molecular weight is 490 g/mol. The van der Waals surface area contributed by atoms with E-state index in [-0.39, 0.29) is 17.3 Å². The van der Waals surface area contributed by atoms with E-state index in [1.165, 1.54) is 34.5 Å². The maximum atomic E-state index is 15.3. The molecule has 0 saturated carbocycles. The monoisotopic (exact) mass is 489 g/mol. The van der Waals surface area contributed by atoms with Crippen LogP contribution in [0.15, 0.2) is 30.3 Å². The first-order valence-electron chi connectivity index (χ1n) is 11.1. The number of benzene rings is 2. The summed E-state index contributed by atoms with van der Waals surface area (Å²) in [5.74, 6) is 1.51. The maximum absolute atomic E-state index is 15.3. The zero-order valence-corrected chi connectivity index (χ0v) is 21.1. The normalized spacial score (nSPS) is 15.3. The second-order valence-electron chi connectivity index (χ2n) is 9.04. The lowest BCUT2D eigenvalue weighted by molar-refractivity contribution is -0.0444. The molecule has 1 aliphatic carbocycles. The number of fused-ring (bicyclic) bond motifs is 1. The Morgan fingerprint density at radius 2 is 1.66 bits per heavy atom. The van der Waals surface area contributed by atoms with Crippen LogP contribution < -0.4 is 18.9 Å². The molecule has 0 aromatic heterocycles. The Morgan fingerprint density at radius 1 is 1.00 bits per heavy atom. The summed E-state index contributed by atoms with van der Waals surface area (Å²) in [4.78, 5) is 12.5. The highest BCUT2D eigenvalue weighted by atomic mass is 19.2. The van der Waals surface area contributed by atoms with E-state index in [1.807, 2.05) is 0 Å². The molecule has 190 valence electrons. The third-order valence-electron chi connectivity index (χ3n) is 5.62. The topological polar surface area (TPSA) is 86.7 Å². The highest BCUT2D eigenvalue weighted by Crippen LogP contribution is 2.47. The van der Waals surface area contributed by atoms with E-state index in [9.17, 15) is 9.90 Å². The number of carbonyl (C=O) groups excluding carboxylic acids is 1.